The molecule has 1 aromatic carbocycles. The van der Waals surface area contributed by atoms with Gasteiger partial charge in [0.2, 0.25) is 11.9 Å². The first-order chi connectivity index (χ1) is 14.5. The molecule has 0 bridgehead atoms. The molecule has 2 aromatic rings. The molecule has 1 aromatic heterocycles. The maximum Gasteiger partial charge on any atom is 0.259 e. The monoisotopic (exact) mass is 430 g/mol. The van der Waals surface area contributed by atoms with E-state index in [1.165, 1.54) is 0 Å². The van der Waals surface area contributed by atoms with E-state index >= 15 is 0 Å². The van der Waals surface area contributed by atoms with Gasteiger partial charge < -0.3 is 19.9 Å². The Hall–Kier alpha value is -3.07. The predicted octanol–water partition coefficient (Wildman–Crippen LogP) is 2.13. The van der Waals surface area contributed by atoms with Gasteiger partial charge >= 0.3 is 0 Å². The molecular weight excluding hydrogens is 408 g/mol. The number of guanidine groups is 1. The molecule has 3 N–H and O–H groups in total. The van der Waals surface area contributed by atoms with E-state index in [1.807, 2.05) is 19.4 Å². The second-order valence-electron chi connectivity index (χ2n) is 7.33. The number of carbonyl (C=O) groups excluding carboxylic acids is 2. The standard InChI is InChI=1S/C20H23ClN6O3/c1-12-15-13(24-20-25-19(29)17(18(22)28)27(12)20)5-6-14(16(15)21)30-10-4-2-3-8-26-9-7-23-11-26/h5-7,9,11-12,17H,2-4,8,10H2,1H3,(H2,22,28)(H,24,25,29). The number of primary amides is 1. The van der Waals surface area contributed by atoms with E-state index in [1.54, 1.807) is 23.2 Å². The van der Waals surface area contributed by atoms with Gasteiger partial charge in [0.05, 0.1) is 29.7 Å². The van der Waals surface area contributed by atoms with Crippen LogP contribution in [-0.2, 0) is 16.1 Å². The number of carbonyl (C=O) groups is 2. The molecule has 1 saturated heterocycles. The smallest absolute Gasteiger partial charge is 0.259 e. The highest BCUT2D eigenvalue weighted by atomic mass is 35.5. The van der Waals surface area contributed by atoms with Crippen molar-refractivity contribution in [2.45, 2.75) is 44.8 Å². The van der Waals surface area contributed by atoms with Crippen LogP contribution in [0.2, 0.25) is 5.02 Å². The summed E-state index contributed by atoms with van der Waals surface area (Å²) in [5.74, 6) is -0.340. The summed E-state index contributed by atoms with van der Waals surface area (Å²) in [5.41, 5.74) is 6.77. The largest absolute Gasteiger partial charge is 0.492 e. The summed E-state index contributed by atoms with van der Waals surface area (Å²) in [6, 6.07) is 2.11. The van der Waals surface area contributed by atoms with Crippen LogP contribution < -0.4 is 15.8 Å². The molecule has 2 aliphatic rings. The van der Waals surface area contributed by atoms with Crippen LogP contribution in [-0.4, -0.2) is 44.9 Å². The first-order valence-corrected chi connectivity index (χ1v) is 10.2. The van der Waals surface area contributed by atoms with Crippen LogP contribution in [0.1, 0.15) is 37.8 Å². The third-order valence-electron chi connectivity index (χ3n) is 5.34. The Kier molecular flexibility index (Phi) is 5.63. The number of aliphatic imine (C=N–C) groups is 1. The Balaban J connectivity index is 1.41. The summed E-state index contributed by atoms with van der Waals surface area (Å²) in [4.78, 5) is 34.0. The number of hydrogen-bond donors (Lipinski definition) is 2. The molecule has 0 aliphatic carbocycles. The number of amides is 2. The maximum atomic E-state index is 12.1. The van der Waals surface area contributed by atoms with Crippen LogP contribution in [0, 0.1) is 0 Å². The second-order valence-corrected chi connectivity index (χ2v) is 7.71. The normalized spacial score (nSPS) is 19.7. The van der Waals surface area contributed by atoms with Crippen LogP contribution in [0.25, 0.3) is 0 Å². The van der Waals surface area contributed by atoms with Crippen molar-refractivity contribution in [2.24, 2.45) is 10.7 Å². The summed E-state index contributed by atoms with van der Waals surface area (Å²) < 4.78 is 7.95. The quantitative estimate of drug-likeness (QED) is 0.491. The molecule has 158 valence electrons. The Bertz CT molecular complexity index is 991. The van der Waals surface area contributed by atoms with Gasteiger partial charge in [0.25, 0.3) is 5.91 Å². The van der Waals surface area contributed by atoms with E-state index in [9.17, 15) is 9.59 Å². The lowest BCUT2D eigenvalue weighted by molar-refractivity contribution is -0.131. The van der Waals surface area contributed by atoms with Crippen molar-refractivity contribution in [3.8, 4) is 5.75 Å². The van der Waals surface area contributed by atoms with Crippen LogP contribution in [0.5, 0.6) is 5.75 Å². The summed E-state index contributed by atoms with van der Waals surface area (Å²) in [5, 5.41) is 3.05. The third-order valence-corrected chi connectivity index (χ3v) is 5.73. The van der Waals surface area contributed by atoms with E-state index in [0.717, 1.165) is 25.8 Å². The zero-order chi connectivity index (χ0) is 21.3. The minimum absolute atomic E-state index is 0.312. The number of nitrogens with zero attached hydrogens (tertiary/aromatic N) is 4. The number of aromatic nitrogens is 2. The predicted molar refractivity (Wildman–Crippen MR) is 111 cm³/mol. The Morgan fingerprint density at radius 3 is 2.90 bits per heavy atom. The van der Waals surface area contributed by atoms with Crippen molar-refractivity contribution < 1.29 is 14.3 Å². The highest BCUT2D eigenvalue weighted by Crippen LogP contribution is 2.44. The molecule has 2 amide bonds. The molecule has 4 rings (SSSR count). The minimum atomic E-state index is -1.11. The van der Waals surface area contributed by atoms with Crippen molar-refractivity contribution in [3.63, 3.8) is 0 Å². The molecule has 2 aliphatic heterocycles. The summed E-state index contributed by atoms with van der Waals surface area (Å²) in [6.45, 7) is 3.33. The Morgan fingerprint density at radius 1 is 1.33 bits per heavy atom. The van der Waals surface area contributed by atoms with E-state index in [2.05, 4.69) is 19.9 Å². The van der Waals surface area contributed by atoms with Gasteiger partial charge in [0.1, 0.15) is 5.75 Å². The minimum Gasteiger partial charge on any atom is -0.492 e. The molecule has 3 heterocycles. The lowest BCUT2D eigenvalue weighted by Crippen LogP contribution is -2.47. The fourth-order valence-corrected chi connectivity index (χ4v) is 4.22. The lowest BCUT2D eigenvalue weighted by atomic mass is 10.0. The van der Waals surface area contributed by atoms with Crippen molar-refractivity contribution in [2.75, 3.05) is 6.61 Å². The SMILES string of the molecule is CC1c2c(ccc(OCCCCCn3ccnc3)c2Cl)N=C2NC(=O)C(C(N)=O)N21. The van der Waals surface area contributed by atoms with Gasteiger partial charge in [-0.05, 0) is 38.3 Å². The van der Waals surface area contributed by atoms with Gasteiger partial charge in [-0.3, -0.25) is 14.9 Å². The number of hydrogen-bond acceptors (Lipinski definition) is 6. The average Bonchev–Trinajstić information content (AvgIpc) is 3.33. The van der Waals surface area contributed by atoms with E-state index in [4.69, 9.17) is 22.1 Å². The maximum absolute atomic E-state index is 12.1. The van der Waals surface area contributed by atoms with E-state index in [-0.39, 0.29) is 6.04 Å². The molecule has 0 spiro atoms. The highest BCUT2D eigenvalue weighted by molar-refractivity contribution is 6.33. The number of nitrogens with one attached hydrogen (secondary N) is 1. The molecule has 1 fully saturated rings. The van der Waals surface area contributed by atoms with Crippen LogP contribution >= 0.6 is 11.6 Å². The fraction of sp³-hybridized carbons (Fsp3) is 0.400. The zero-order valence-electron chi connectivity index (χ0n) is 16.5. The second kappa shape index (κ2) is 8.35. The van der Waals surface area contributed by atoms with Gasteiger partial charge in [0.15, 0.2) is 6.04 Å². The molecule has 2 unspecified atom stereocenters. The number of nitrogens with two attached hydrogens (primary N) is 1. The van der Waals surface area contributed by atoms with Crippen molar-refractivity contribution in [1.82, 2.24) is 19.8 Å². The molecule has 0 radical (unpaired) electrons. The van der Waals surface area contributed by atoms with Gasteiger partial charge in [-0.1, -0.05) is 11.6 Å². The number of benzene rings is 1. The number of fused-ring (bicyclic) bond motifs is 2. The number of aryl methyl sites for hydroxylation is 1. The molecule has 10 heteroatoms. The van der Waals surface area contributed by atoms with Gasteiger partial charge in [-0.25, -0.2) is 9.98 Å². The lowest BCUT2D eigenvalue weighted by Gasteiger charge is -2.33. The van der Waals surface area contributed by atoms with Crippen LogP contribution in [0.4, 0.5) is 5.69 Å². The Labute approximate surface area is 178 Å². The number of unbranched alkanes of at least 4 members (excludes halogenated alkanes) is 2. The summed E-state index contributed by atoms with van der Waals surface area (Å²) in [7, 11) is 0. The molecule has 0 saturated carbocycles. The summed E-state index contributed by atoms with van der Waals surface area (Å²) in [6.07, 6.45) is 8.49. The molecule has 30 heavy (non-hydrogen) atoms. The molecular formula is C20H23ClN6O3. The Morgan fingerprint density at radius 2 is 2.17 bits per heavy atom. The average molecular weight is 431 g/mol. The highest BCUT2D eigenvalue weighted by Gasteiger charge is 2.46. The molecule has 2 atom stereocenters. The number of imidazole rings is 1. The van der Waals surface area contributed by atoms with Crippen molar-refractivity contribution >= 4 is 35.1 Å². The first kappa shape index (κ1) is 20.2. The summed E-state index contributed by atoms with van der Waals surface area (Å²) >= 11 is 6.63. The van der Waals surface area contributed by atoms with Crippen LogP contribution in [0.3, 0.4) is 0 Å². The van der Waals surface area contributed by atoms with E-state index < -0.39 is 17.9 Å². The fourth-order valence-electron chi connectivity index (χ4n) is 3.85. The van der Waals surface area contributed by atoms with Crippen molar-refractivity contribution in [1.29, 1.82) is 0 Å². The van der Waals surface area contributed by atoms with Crippen molar-refractivity contribution in [3.05, 3.63) is 41.4 Å². The van der Waals surface area contributed by atoms with Gasteiger partial charge in [-0.2, -0.15) is 0 Å². The number of halogens is 1. The molecule has 9 nitrogen and oxygen atoms in total. The topological polar surface area (TPSA) is 115 Å². The van der Waals surface area contributed by atoms with Gasteiger partial charge in [0, 0.05) is 24.5 Å². The third kappa shape index (κ3) is 3.72. The first-order valence-electron chi connectivity index (χ1n) is 9.85. The zero-order valence-corrected chi connectivity index (χ0v) is 17.3. The van der Waals surface area contributed by atoms with Crippen LogP contribution in [0.15, 0.2) is 35.8 Å². The number of rotatable bonds is 8. The van der Waals surface area contributed by atoms with Gasteiger partial charge in [-0.15, -0.1) is 0 Å². The van der Waals surface area contributed by atoms with E-state index in [0.29, 0.717) is 34.6 Å². The number of ether oxygens (including phenoxy) is 1.